The van der Waals surface area contributed by atoms with E-state index in [-0.39, 0.29) is 23.4 Å². The average molecular weight is 459 g/mol. The molecule has 0 spiro atoms. The number of hydrazone groups is 1. The second-order valence-electron chi connectivity index (χ2n) is 8.76. The van der Waals surface area contributed by atoms with E-state index in [0.717, 1.165) is 16.8 Å². The van der Waals surface area contributed by atoms with E-state index in [1.54, 1.807) is 11.2 Å². The first kappa shape index (κ1) is 21.8. The maximum Gasteiger partial charge on any atom is 0.306 e. The number of hydrogen-bond donors (Lipinski definition) is 2. The molecule has 3 aliphatic heterocycles. The molecule has 0 radical (unpaired) electrons. The quantitative estimate of drug-likeness (QED) is 0.721. The van der Waals surface area contributed by atoms with E-state index in [4.69, 9.17) is 10.7 Å². The fourth-order valence-electron chi connectivity index (χ4n) is 4.76. The van der Waals surface area contributed by atoms with E-state index in [0.29, 0.717) is 37.3 Å². The van der Waals surface area contributed by atoms with Gasteiger partial charge in [0.25, 0.3) is 0 Å². The summed E-state index contributed by atoms with van der Waals surface area (Å²) in [5, 5.41) is 15.4. The number of aromatic nitrogens is 1. The van der Waals surface area contributed by atoms with Crippen LogP contribution < -0.4 is 5.73 Å². The molecule has 4 heterocycles. The summed E-state index contributed by atoms with van der Waals surface area (Å²) >= 11 is 0. The second kappa shape index (κ2) is 8.74. The SMILES string of the molecule is CC(=O)C1=C(N)N2N=CC(c3ccc(-c4ccccc4)nc3)C2N=C1N1CCC(C(=O)O)CC1. The van der Waals surface area contributed by atoms with Gasteiger partial charge in [-0.2, -0.15) is 5.10 Å². The minimum Gasteiger partial charge on any atom is -0.481 e. The number of amidine groups is 1. The molecule has 1 fully saturated rings. The molecule has 9 nitrogen and oxygen atoms in total. The lowest BCUT2D eigenvalue weighted by Gasteiger charge is -2.38. The maximum atomic E-state index is 12.5. The first-order valence-electron chi connectivity index (χ1n) is 11.4. The monoisotopic (exact) mass is 458 g/mol. The number of nitrogens with two attached hydrogens (primary N) is 1. The number of piperidine rings is 1. The van der Waals surface area contributed by atoms with E-state index < -0.39 is 12.1 Å². The van der Waals surface area contributed by atoms with Gasteiger partial charge in [0.05, 0.1) is 17.5 Å². The molecule has 1 saturated heterocycles. The molecule has 0 bridgehead atoms. The molecule has 2 unspecified atom stereocenters. The summed E-state index contributed by atoms with van der Waals surface area (Å²) < 4.78 is 0. The highest BCUT2D eigenvalue weighted by molar-refractivity contribution is 6.21. The van der Waals surface area contributed by atoms with Crippen LogP contribution in [0.5, 0.6) is 0 Å². The zero-order chi connectivity index (χ0) is 23.8. The standard InChI is InChI=1S/C25H26N6O3/c1-15(32)21-22(26)31-23(29-24(21)30-11-9-17(10-12-30)25(33)34)19(14-28-31)18-7-8-20(27-13-18)16-5-3-2-4-6-16/h2-8,13-14,17,19,23H,9-12,26H2,1H3,(H,33,34). The highest BCUT2D eigenvalue weighted by Gasteiger charge is 2.41. The number of carboxylic acid groups (broad SMARTS) is 1. The number of carboxylic acids is 1. The Morgan fingerprint density at radius 3 is 2.44 bits per heavy atom. The third-order valence-electron chi connectivity index (χ3n) is 6.64. The zero-order valence-corrected chi connectivity index (χ0v) is 18.8. The molecule has 34 heavy (non-hydrogen) atoms. The van der Waals surface area contributed by atoms with Crippen LogP contribution in [0.1, 0.15) is 31.2 Å². The van der Waals surface area contributed by atoms with Crippen LogP contribution in [0.3, 0.4) is 0 Å². The van der Waals surface area contributed by atoms with Gasteiger partial charge in [0.15, 0.2) is 11.9 Å². The molecular weight excluding hydrogens is 432 g/mol. The second-order valence-corrected chi connectivity index (χ2v) is 8.76. The summed E-state index contributed by atoms with van der Waals surface area (Å²) in [6.07, 6.45) is 4.19. The molecule has 3 aliphatic rings. The van der Waals surface area contributed by atoms with E-state index in [9.17, 15) is 14.7 Å². The fourth-order valence-corrected chi connectivity index (χ4v) is 4.76. The number of fused-ring (bicyclic) bond motifs is 1. The molecule has 2 aromatic rings. The van der Waals surface area contributed by atoms with Crippen LogP contribution in [0.2, 0.25) is 0 Å². The molecule has 1 aromatic heterocycles. The van der Waals surface area contributed by atoms with Crippen LogP contribution in [0.15, 0.2) is 70.1 Å². The van der Waals surface area contributed by atoms with Crippen molar-refractivity contribution in [2.24, 2.45) is 21.7 Å². The van der Waals surface area contributed by atoms with Crippen molar-refractivity contribution >= 4 is 23.8 Å². The molecule has 3 N–H and O–H groups in total. The third-order valence-corrected chi connectivity index (χ3v) is 6.64. The summed E-state index contributed by atoms with van der Waals surface area (Å²) in [6, 6.07) is 13.9. The van der Waals surface area contributed by atoms with Gasteiger partial charge in [0.2, 0.25) is 0 Å². The Morgan fingerprint density at radius 1 is 1.09 bits per heavy atom. The Morgan fingerprint density at radius 2 is 1.82 bits per heavy atom. The Balaban J connectivity index is 1.44. The average Bonchev–Trinajstić information content (AvgIpc) is 3.29. The Hall–Kier alpha value is -4.01. The largest absolute Gasteiger partial charge is 0.481 e. The van der Waals surface area contributed by atoms with Crippen LogP contribution in [-0.4, -0.2) is 63.1 Å². The van der Waals surface area contributed by atoms with Gasteiger partial charge in [-0.1, -0.05) is 36.4 Å². The first-order valence-corrected chi connectivity index (χ1v) is 11.4. The molecule has 5 rings (SSSR count). The highest BCUT2D eigenvalue weighted by atomic mass is 16.4. The molecule has 174 valence electrons. The number of pyridine rings is 1. The molecule has 0 aliphatic carbocycles. The van der Waals surface area contributed by atoms with E-state index in [1.165, 1.54) is 6.92 Å². The summed E-state index contributed by atoms with van der Waals surface area (Å²) in [7, 11) is 0. The van der Waals surface area contributed by atoms with Gasteiger partial charge in [-0.3, -0.25) is 14.6 Å². The summed E-state index contributed by atoms with van der Waals surface area (Å²) in [6.45, 7) is 2.47. The molecular formula is C25H26N6O3. The van der Waals surface area contributed by atoms with Crippen LogP contribution in [-0.2, 0) is 9.59 Å². The number of aliphatic carboxylic acids is 1. The zero-order valence-electron chi connectivity index (χ0n) is 18.8. The predicted octanol–water partition coefficient (Wildman–Crippen LogP) is 2.43. The minimum atomic E-state index is -0.783. The molecule has 9 heteroatoms. The van der Waals surface area contributed by atoms with E-state index in [2.05, 4.69) is 10.1 Å². The van der Waals surface area contributed by atoms with Crippen molar-refractivity contribution in [3.05, 3.63) is 65.6 Å². The predicted molar refractivity (Wildman–Crippen MR) is 128 cm³/mol. The van der Waals surface area contributed by atoms with E-state index >= 15 is 0 Å². The van der Waals surface area contributed by atoms with Gasteiger partial charge in [0.1, 0.15) is 17.2 Å². The summed E-state index contributed by atoms with van der Waals surface area (Å²) in [4.78, 5) is 35.4. The van der Waals surface area contributed by atoms with E-state index in [1.807, 2.05) is 53.6 Å². The van der Waals surface area contributed by atoms with Crippen LogP contribution in [0.25, 0.3) is 11.3 Å². The number of carbonyl (C=O) groups is 2. The normalized spacial score (nSPS) is 22.6. The lowest BCUT2D eigenvalue weighted by atomic mass is 9.94. The molecule has 0 saturated carbocycles. The summed E-state index contributed by atoms with van der Waals surface area (Å²) in [5.41, 5.74) is 9.63. The Bertz CT molecular complexity index is 1200. The Labute approximate surface area is 197 Å². The van der Waals surface area contributed by atoms with Crippen LogP contribution >= 0.6 is 0 Å². The maximum absolute atomic E-state index is 12.5. The topological polar surface area (TPSA) is 124 Å². The first-order chi connectivity index (χ1) is 16.4. The van der Waals surface area contributed by atoms with Crippen molar-refractivity contribution in [1.82, 2.24) is 14.9 Å². The number of carbonyl (C=O) groups excluding carboxylic acids is 1. The van der Waals surface area contributed by atoms with Gasteiger partial charge in [-0.05, 0) is 31.4 Å². The van der Waals surface area contributed by atoms with Gasteiger partial charge < -0.3 is 15.7 Å². The van der Waals surface area contributed by atoms with Gasteiger partial charge in [-0.15, -0.1) is 0 Å². The summed E-state index contributed by atoms with van der Waals surface area (Å²) in [5.74, 6) is -0.738. The lowest BCUT2D eigenvalue weighted by Crippen LogP contribution is -2.48. The number of hydrogen-bond acceptors (Lipinski definition) is 8. The number of likely N-dealkylation sites (tertiary alicyclic amines) is 1. The van der Waals surface area contributed by atoms with Crippen molar-refractivity contribution in [2.45, 2.75) is 31.8 Å². The van der Waals surface area contributed by atoms with Crippen molar-refractivity contribution in [1.29, 1.82) is 0 Å². The number of benzene rings is 1. The molecule has 1 aromatic carbocycles. The van der Waals surface area contributed by atoms with Crippen molar-refractivity contribution in [3.63, 3.8) is 0 Å². The molecule has 0 amide bonds. The number of rotatable bonds is 4. The Kier molecular flexibility index (Phi) is 5.61. The van der Waals surface area contributed by atoms with Crippen molar-refractivity contribution in [2.75, 3.05) is 13.1 Å². The fraction of sp³-hybridized carbons (Fsp3) is 0.320. The number of ketones is 1. The smallest absolute Gasteiger partial charge is 0.306 e. The lowest BCUT2D eigenvalue weighted by molar-refractivity contribution is -0.143. The van der Waals surface area contributed by atoms with Gasteiger partial charge in [-0.25, -0.2) is 10.0 Å². The number of nitrogens with zero attached hydrogens (tertiary/aromatic N) is 5. The third kappa shape index (κ3) is 3.83. The molecule has 2 atom stereocenters. The van der Waals surface area contributed by atoms with Gasteiger partial charge >= 0.3 is 5.97 Å². The van der Waals surface area contributed by atoms with Crippen molar-refractivity contribution < 1.29 is 14.7 Å². The number of aliphatic imine (C=N–C) groups is 1. The van der Waals surface area contributed by atoms with Gasteiger partial charge in [0, 0.05) is 31.1 Å². The van der Waals surface area contributed by atoms with Crippen LogP contribution in [0.4, 0.5) is 0 Å². The highest BCUT2D eigenvalue weighted by Crippen LogP contribution is 2.35. The number of Topliss-reactive ketones (excluding diaryl/α,β-unsaturated/α-hetero) is 1. The van der Waals surface area contributed by atoms with Crippen LogP contribution in [0, 0.1) is 5.92 Å². The van der Waals surface area contributed by atoms with Crippen molar-refractivity contribution in [3.8, 4) is 11.3 Å². The minimum absolute atomic E-state index is 0.184.